The second-order valence-electron chi connectivity index (χ2n) is 4.29. The van der Waals surface area contributed by atoms with E-state index in [9.17, 15) is 9.90 Å². The first-order chi connectivity index (χ1) is 8.99. The van der Waals surface area contributed by atoms with Crippen molar-refractivity contribution in [3.05, 3.63) is 40.4 Å². The van der Waals surface area contributed by atoms with E-state index in [1.165, 1.54) is 11.3 Å². The molecule has 4 N–H and O–H groups in total. The number of hydrogen-bond donors (Lipinski definition) is 3. The molecule has 1 heterocycles. The number of carbonyl (C=O) groups is 1. The van der Waals surface area contributed by atoms with Crippen LogP contribution in [0.1, 0.15) is 34.6 Å². The van der Waals surface area contributed by atoms with Crippen molar-refractivity contribution in [2.45, 2.75) is 19.9 Å². The SMILES string of the molecule is Cc1cccc(C(=O)Nc2nc(C(C)N)cs2)c1O. The summed E-state index contributed by atoms with van der Waals surface area (Å²) < 4.78 is 0. The van der Waals surface area contributed by atoms with Crippen LogP contribution in [-0.4, -0.2) is 16.0 Å². The monoisotopic (exact) mass is 277 g/mol. The number of carbonyl (C=O) groups excluding carboxylic acids is 1. The molecule has 0 aliphatic heterocycles. The highest BCUT2D eigenvalue weighted by molar-refractivity contribution is 7.14. The molecule has 5 nitrogen and oxygen atoms in total. The average Bonchev–Trinajstić information content (AvgIpc) is 2.81. The van der Waals surface area contributed by atoms with Crippen LogP contribution in [-0.2, 0) is 0 Å². The highest BCUT2D eigenvalue weighted by Gasteiger charge is 2.14. The summed E-state index contributed by atoms with van der Waals surface area (Å²) in [4.78, 5) is 16.2. The maximum atomic E-state index is 12.0. The largest absolute Gasteiger partial charge is 0.507 e. The van der Waals surface area contributed by atoms with Crippen molar-refractivity contribution in [1.82, 2.24) is 4.98 Å². The summed E-state index contributed by atoms with van der Waals surface area (Å²) in [6, 6.07) is 4.86. The Labute approximate surface area is 115 Å². The lowest BCUT2D eigenvalue weighted by atomic mass is 10.1. The van der Waals surface area contributed by atoms with Gasteiger partial charge in [-0.05, 0) is 25.5 Å². The number of aromatic hydroxyl groups is 1. The smallest absolute Gasteiger partial charge is 0.261 e. The molecule has 1 aromatic carbocycles. The quantitative estimate of drug-likeness (QED) is 0.804. The highest BCUT2D eigenvalue weighted by atomic mass is 32.1. The van der Waals surface area contributed by atoms with Gasteiger partial charge in [-0.25, -0.2) is 4.98 Å². The van der Waals surface area contributed by atoms with E-state index in [0.29, 0.717) is 10.7 Å². The van der Waals surface area contributed by atoms with E-state index < -0.39 is 0 Å². The van der Waals surface area contributed by atoms with Crippen molar-refractivity contribution in [2.24, 2.45) is 5.73 Å². The van der Waals surface area contributed by atoms with E-state index in [2.05, 4.69) is 10.3 Å². The predicted molar refractivity (Wildman–Crippen MR) is 75.5 cm³/mol. The number of nitrogens with zero attached hydrogens (tertiary/aromatic N) is 1. The van der Waals surface area contributed by atoms with Crippen molar-refractivity contribution < 1.29 is 9.90 Å². The molecule has 2 rings (SSSR count). The lowest BCUT2D eigenvalue weighted by Crippen LogP contribution is -2.13. The molecular weight excluding hydrogens is 262 g/mol. The van der Waals surface area contributed by atoms with Crippen molar-refractivity contribution >= 4 is 22.4 Å². The fourth-order valence-corrected chi connectivity index (χ4v) is 2.37. The number of phenolic OH excluding ortho intramolecular Hbond substituents is 1. The van der Waals surface area contributed by atoms with E-state index in [1.807, 2.05) is 6.92 Å². The first kappa shape index (κ1) is 13.5. The van der Waals surface area contributed by atoms with Gasteiger partial charge in [0, 0.05) is 11.4 Å². The number of nitrogens with two attached hydrogens (primary N) is 1. The molecule has 6 heteroatoms. The summed E-state index contributed by atoms with van der Waals surface area (Å²) in [6.45, 7) is 3.57. The van der Waals surface area contributed by atoms with Crippen LogP contribution in [0.4, 0.5) is 5.13 Å². The number of benzene rings is 1. The first-order valence-electron chi connectivity index (χ1n) is 5.80. The molecule has 0 spiro atoms. The Balaban J connectivity index is 2.18. The molecule has 100 valence electrons. The summed E-state index contributed by atoms with van der Waals surface area (Å²) in [5.74, 6) is -0.393. The van der Waals surface area contributed by atoms with Gasteiger partial charge in [-0.15, -0.1) is 11.3 Å². The fourth-order valence-electron chi connectivity index (χ4n) is 1.56. The summed E-state index contributed by atoms with van der Waals surface area (Å²) >= 11 is 1.31. The number of phenols is 1. The highest BCUT2D eigenvalue weighted by Crippen LogP contribution is 2.24. The van der Waals surface area contributed by atoms with Gasteiger partial charge in [0.05, 0.1) is 11.3 Å². The molecule has 1 unspecified atom stereocenters. The molecule has 0 saturated carbocycles. The third-order valence-electron chi connectivity index (χ3n) is 2.69. The standard InChI is InChI=1S/C13H15N3O2S/c1-7-4-3-5-9(11(7)17)12(18)16-13-15-10(6-19-13)8(2)14/h3-6,8,17H,14H2,1-2H3,(H,15,16,18). The Hall–Kier alpha value is -1.92. The second kappa shape index (κ2) is 5.38. The van der Waals surface area contributed by atoms with Gasteiger partial charge >= 0.3 is 0 Å². The van der Waals surface area contributed by atoms with Crippen LogP contribution in [0.5, 0.6) is 5.75 Å². The van der Waals surface area contributed by atoms with Crippen LogP contribution in [0.25, 0.3) is 0 Å². The Morgan fingerprint density at radius 3 is 2.89 bits per heavy atom. The zero-order valence-electron chi connectivity index (χ0n) is 10.7. The van der Waals surface area contributed by atoms with E-state index in [0.717, 1.165) is 5.69 Å². The van der Waals surface area contributed by atoms with Crippen molar-refractivity contribution in [2.75, 3.05) is 5.32 Å². The third kappa shape index (κ3) is 2.91. The van der Waals surface area contributed by atoms with Crippen molar-refractivity contribution in [1.29, 1.82) is 0 Å². The Morgan fingerprint density at radius 1 is 1.53 bits per heavy atom. The van der Waals surface area contributed by atoms with Gasteiger partial charge < -0.3 is 10.8 Å². The molecule has 0 aliphatic carbocycles. The summed E-state index contributed by atoms with van der Waals surface area (Å²) in [6.07, 6.45) is 0. The summed E-state index contributed by atoms with van der Waals surface area (Å²) in [5, 5.41) is 14.8. The van der Waals surface area contributed by atoms with Gasteiger partial charge in [0.1, 0.15) is 5.75 Å². The van der Waals surface area contributed by atoms with Crippen LogP contribution in [0.15, 0.2) is 23.6 Å². The van der Waals surface area contributed by atoms with Gasteiger partial charge in [-0.1, -0.05) is 12.1 Å². The number of aryl methyl sites for hydroxylation is 1. The Kier molecular flexibility index (Phi) is 3.82. The molecule has 1 atom stereocenters. The third-order valence-corrected chi connectivity index (χ3v) is 3.47. The van der Waals surface area contributed by atoms with Crippen LogP contribution >= 0.6 is 11.3 Å². The number of para-hydroxylation sites is 1. The molecule has 1 aromatic heterocycles. The van der Waals surface area contributed by atoms with Crippen LogP contribution in [0.3, 0.4) is 0 Å². The molecule has 0 saturated heterocycles. The Bertz CT molecular complexity index is 608. The number of thiazole rings is 1. The lowest BCUT2D eigenvalue weighted by molar-refractivity contribution is 0.102. The number of amides is 1. The minimum atomic E-state index is -0.383. The average molecular weight is 277 g/mol. The predicted octanol–water partition coefficient (Wildman–Crippen LogP) is 2.43. The first-order valence-corrected chi connectivity index (χ1v) is 6.68. The molecule has 0 fully saturated rings. The zero-order valence-corrected chi connectivity index (χ0v) is 11.5. The van der Waals surface area contributed by atoms with Gasteiger partial charge in [0.25, 0.3) is 5.91 Å². The maximum Gasteiger partial charge on any atom is 0.261 e. The van der Waals surface area contributed by atoms with Crippen LogP contribution in [0.2, 0.25) is 0 Å². The van der Waals surface area contributed by atoms with Crippen molar-refractivity contribution in [3.8, 4) is 5.75 Å². The second-order valence-corrected chi connectivity index (χ2v) is 5.15. The Morgan fingerprint density at radius 2 is 2.26 bits per heavy atom. The normalized spacial score (nSPS) is 12.2. The topological polar surface area (TPSA) is 88.2 Å². The van der Waals surface area contributed by atoms with Crippen molar-refractivity contribution in [3.63, 3.8) is 0 Å². The van der Waals surface area contributed by atoms with Crippen LogP contribution in [0, 0.1) is 6.92 Å². The fraction of sp³-hybridized carbons (Fsp3) is 0.231. The van der Waals surface area contributed by atoms with Gasteiger partial charge in [0.15, 0.2) is 5.13 Å². The molecule has 0 aliphatic rings. The minimum absolute atomic E-state index is 0.0102. The number of nitrogens with one attached hydrogen (secondary N) is 1. The van der Waals surface area contributed by atoms with E-state index in [1.54, 1.807) is 30.5 Å². The molecule has 0 bridgehead atoms. The van der Waals surface area contributed by atoms with Crippen LogP contribution < -0.4 is 11.1 Å². The van der Waals surface area contributed by atoms with E-state index in [-0.39, 0.29) is 23.3 Å². The van der Waals surface area contributed by atoms with E-state index in [4.69, 9.17) is 5.73 Å². The maximum absolute atomic E-state index is 12.0. The summed E-state index contributed by atoms with van der Waals surface area (Å²) in [5.41, 5.74) is 7.32. The number of rotatable bonds is 3. The van der Waals surface area contributed by atoms with Gasteiger partial charge in [-0.2, -0.15) is 0 Å². The minimum Gasteiger partial charge on any atom is -0.507 e. The van der Waals surface area contributed by atoms with Gasteiger partial charge in [-0.3, -0.25) is 10.1 Å². The molecule has 19 heavy (non-hydrogen) atoms. The zero-order chi connectivity index (χ0) is 14.0. The van der Waals surface area contributed by atoms with E-state index >= 15 is 0 Å². The summed E-state index contributed by atoms with van der Waals surface area (Å²) in [7, 11) is 0. The molecular formula is C13H15N3O2S. The number of hydrogen-bond acceptors (Lipinski definition) is 5. The number of anilines is 1. The number of aromatic nitrogens is 1. The lowest BCUT2D eigenvalue weighted by Gasteiger charge is -2.06. The molecule has 0 radical (unpaired) electrons. The molecule has 2 aromatic rings. The molecule has 1 amide bonds. The van der Waals surface area contributed by atoms with Gasteiger partial charge in [0.2, 0.25) is 0 Å².